The van der Waals surface area contributed by atoms with Crippen molar-refractivity contribution in [2.45, 2.75) is 44.2 Å². The predicted molar refractivity (Wildman–Crippen MR) is 82.5 cm³/mol. The number of hydrogen-bond acceptors (Lipinski definition) is 8. The van der Waals surface area contributed by atoms with Crippen LogP contribution in [-0.2, 0) is 14.2 Å². The van der Waals surface area contributed by atoms with Crippen LogP contribution in [0.15, 0.2) is 6.33 Å². The SMILES string of the molecule is C#Cc1nn([C@@H]2O[C@H](CO)[C@H]3OC(C)(C)O[C@H]32)c2ncnc(N)c12. The molecule has 0 aliphatic carbocycles. The lowest BCUT2D eigenvalue weighted by molar-refractivity contribution is -0.201. The van der Waals surface area contributed by atoms with Gasteiger partial charge < -0.3 is 25.1 Å². The third kappa shape index (κ3) is 2.08. The van der Waals surface area contributed by atoms with Gasteiger partial charge in [-0.1, -0.05) is 0 Å². The number of aliphatic hydroxyl groups excluding tert-OH is 1. The van der Waals surface area contributed by atoms with Crippen molar-refractivity contribution in [2.75, 3.05) is 12.3 Å². The summed E-state index contributed by atoms with van der Waals surface area (Å²) in [6.45, 7) is 3.42. The number of anilines is 1. The van der Waals surface area contributed by atoms with Crippen molar-refractivity contribution in [3.05, 3.63) is 12.0 Å². The zero-order chi connectivity index (χ0) is 17.1. The largest absolute Gasteiger partial charge is 0.394 e. The predicted octanol–water partition coefficient (Wildman–Crippen LogP) is -0.200. The van der Waals surface area contributed by atoms with Gasteiger partial charge in [0.25, 0.3) is 0 Å². The number of nitrogens with two attached hydrogens (primary N) is 1. The molecule has 9 heteroatoms. The molecule has 0 amide bonds. The summed E-state index contributed by atoms with van der Waals surface area (Å²) in [4.78, 5) is 8.19. The van der Waals surface area contributed by atoms with E-state index < -0.39 is 30.3 Å². The molecule has 0 spiro atoms. The molecular formula is C15H17N5O4. The Bertz CT molecular complexity index is 842. The minimum Gasteiger partial charge on any atom is -0.394 e. The van der Waals surface area contributed by atoms with Crippen molar-refractivity contribution in [1.82, 2.24) is 19.7 Å². The Balaban J connectivity index is 1.84. The van der Waals surface area contributed by atoms with E-state index in [4.69, 9.17) is 26.4 Å². The molecule has 4 rings (SSSR count). The number of aromatic nitrogens is 4. The number of hydrogen-bond donors (Lipinski definition) is 2. The molecule has 24 heavy (non-hydrogen) atoms. The van der Waals surface area contributed by atoms with Crippen molar-refractivity contribution in [3.63, 3.8) is 0 Å². The standard InChI is InChI=1S/C15H17N5O4/c1-4-7-9-12(16)17-6-18-13(9)20(19-7)14-11-10(8(5-21)22-14)23-15(2,3)24-11/h1,6,8,10-11,14,21H,5H2,2-3H3,(H2,16,17,18)/t8-,10-,11-,14-/m1/s1. The third-order valence-electron chi connectivity index (χ3n) is 4.20. The van der Waals surface area contributed by atoms with Gasteiger partial charge in [-0.15, -0.1) is 6.42 Å². The molecule has 2 aromatic rings. The van der Waals surface area contributed by atoms with E-state index in [1.165, 1.54) is 11.0 Å². The summed E-state index contributed by atoms with van der Waals surface area (Å²) in [5.41, 5.74) is 6.69. The molecule has 0 bridgehead atoms. The van der Waals surface area contributed by atoms with Gasteiger partial charge in [-0.25, -0.2) is 14.6 Å². The Labute approximate surface area is 137 Å². The first-order valence-electron chi connectivity index (χ1n) is 7.52. The summed E-state index contributed by atoms with van der Waals surface area (Å²) in [5.74, 6) is 1.95. The zero-order valence-corrected chi connectivity index (χ0v) is 13.2. The fourth-order valence-electron chi connectivity index (χ4n) is 3.28. The van der Waals surface area contributed by atoms with Crippen LogP contribution in [-0.4, -0.2) is 55.6 Å². The molecule has 0 aromatic carbocycles. The van der Waals surface area contributed by atoms with Crippen LogP contribution in [0.5, 0.6) is 0 Å². The van der Waals surface area contributed by atoms with Crippen molar-refractivity contribution in [2.24, 2.45) is 0 Å². The van der Waals surface area contributed by atoms with Gasteiger partial charge >= 0.3 is 0 Å². The van der Waals surface area contributed by atoms with Crippen LogP contribution in [0.3, 0.4) is 0 Å². The molecule has 2 aromatic heterocycles. The number of aliphatic hydroxyl groups is 1. The fourth-order valence-corrected chi connectivity index (χ4v) is 3.28. The number of ether oxygens (including phenoxy) is 3. The quantitative estimate of drug-likeness (QED) is 0.727. The molecule has 2 aliphatic rings. The van der Waals surface area contributed by atoms with E-state index in [1.807, 2.05) is 13.8 Å². The summed E-state index contributed by atoms with van der Waals surface area (Å²) in [6.07, 6.45) is 4.81. The van der Waals surface area contributed by atoms with Crippen LogP contribution in [0.25, 0.3) is 11.0 Å². The van der Waals surface area contributed by atoms with E-state index in [-0.39, 0.29) is 12.4 Å². The Morgan fingerprint density at radius 3 is 2.83 bits per heavy atom. The summed E-state index contributed by atoms with van der Waals surface area (Å²) in [7, 11) is 0. The molecular weight excluding hydrogens is 314 g/mol. The first-order chi connectivity index (χ1) is 11.4. The summed E-state index contributed by atoms with van der Waals surface area (Å²) in [6, 6.07) is 0. The first kappa shape index (κ1) is 15.3. The fraction of sp³-hybridized carbons (Fsp3) is 0.533. The Morgan fingerprint density at radius 2 is 2.12 bits per heavy atom. The third-order valence-corrected chi connectivity index (χ3v) is 4.20. The summed E-state index contributed by atoms with van der Waals surface area (Å²) >= 11 is 0. The maximum atomic E-state index is 9.59. The van der Waals surface area contributed by atoms with Crippen LogP contribution in [0.1, 0.15) is 25.8 Å². The highest BCUT2D eigenvalue weighted by molar-refractivity contribution is 5.90. The molecule has 2 aliphatic heterocycles. The monoisotopic (exact) mass is 331 g/mol. The lowest BCUT2D eigenvalue weighted by atomic mass is 10.1. The van der Waals surface area contributed by atoms with E-state index in [2.05, 4.69) is 21.0 Å². The highest BCUT2D eigenvalue weighted by Gasteiger charge is 2.56. The molecule has 2 saturated heterocycles. The number of fused-ring (bicyclic) bond motifs is 2. The van der Waals surface area contributed by atoms with Crippen molar-refractivity contribution >= 4 is 16.9 Å². The normalized spacial score (nSPS) is 31.2. The van der Waals surface area contributed by atoms with Crippen molar-refractivity contribution in [1.29, 1.82) is 0 Å². The van der Waals surface area contributed by atoms with Crippen LogP contribution in [0, 0.1) is 12.3 Å². The number of terminal acetylenes is 1. The van der Waals surface area contributed by atoms with E-state index in [0.29, 0.717) is 16.7 Å². The molecule has 4 heterocycles. The number of nitrogen functional groups attached to an aromatic ring is 1. The van der Waals surface area contributed by atoms with Crippen LogP contribution >= 0.6 is 0 Å². The van der Waals surface area contributed by atoms with Crippen LogP contribution in [0.4, 0.5) is 5.82 Å². The maximum Gasteiger partial charge on any atom is 0.181 e. The van der Waals surface area contributed by atoms with E-state index in [0.717, 1.165) is 0 Å². The number of rotatable bonds is 2. The van der Waals surface area contributed by atoms with Crippen molar-refractivity contribution < 1.29 is 19.3 Å². The van der Waals surface area contributed by atoms with Gasteiger partial charge in [0.2, 0.25) is 0 Å². The Morgan fingerprint density at radius 1 is 1.38 bits per heavy atom. The lowest BCUT2D eigenvalue weighted by Gasteiger charge is -2.23. The van der Waals surface area contributed by atoms with Crippen LogP contribution < -0.4 is 5.73 Å². The van der Waals surface area contributed by atoms with Gasteiger partial charge in [0, 0.05) is 0 Å². The average molecular weight is 331 g/mol. The van der Waals surface area contributed by atoms with Crippen LogP contribution in [0.2, 0.25) is 0 Å². The lowest BCUT2D eigenvalue weighted by Crippen LogP contribution is -2.31. The second-order valence-corrected chi connectivity index (χ2v) is 6.21. The zero-order valence-electron chi connectivity index (χ0n) is 13.2. The molecule has 9 nitrogen and oxygen atoms in total. The molecule has 0 radical (unpaired) electrons. The molecule has 2 fully saturated rings. The minimum atomic E-state index is -0.781. The van der Waals surface area contributed by atoms with E-state index in [9.17, 15) is 5.11 Å². The molecule has 0 unspecified atom stereocenters. The second-order valence-electron chi connectivity index (χ2n) is 6.21. The van der Waals surface area contributed by atoms with Gasteiger partial charge in [-0.2, -0.15) is 5.10 Å². The highest BCUT2D eigenvalue weighted by atomic mass is 16.8. The van der Waals surface area contributed by atoms with Gasteiger partial charge in [-0.3, -0.25) is 0 Å². The van der Waals surface area contributed by atoms with Gasteiger partial charge in [0.15, 0.2) is 17.7 Å². The van der Waals surface area contributed by atoms with Crippen molar-refractivity contribution in [3.8, 4) is 12.3 Å². The van der Waals surface area contributed by atoms with E-state index in [1.54, 1.807) is 0 Å². The van der Waals surface area contributed by atoms with Gasteiger partial charge in [-0.05, 0) is 19.8 Å². The van der Waals surface area contributed by atoms with Gasteiger partial charge in [0.1, 0.15) is 36.2 Å². The summed E-state index contributed by atoms with van der Waals surface area (Å²) < 4.78 is 19.2. The average Bonchev–Trinajstić information content (AvgIpc) is 3.16. The molecule has 4 atom stereocenters. The Hall–Kier alpha value is -2.25. The van der Waals surface area contributed by atoms with Gasteiger partial charge in [0.05, 0.1) is 12.0 Å². The Kier molecular flexibility index (Phi) is 3.26. The molecule has 0 saturated carbocycles. The number of nitrogens with zero attached hydrogens (tertiary/aromatic N) is 4. The molecule has 126 valence electrons. The maximum absolute atomic E-state index is 9.59. The second kappa shape index (κ2) is 5.12. The minimum absolute atomic E-state index is 0.199. The first-order valence-corrected chi connectivity index (χ1v) is 7.52. The molecule has 3 N–H and O–H groups in total. The van der Waals surface area contributed by atoms with E-state index >= 15 is 0 Å². The smallest absolute Gasteiger partial charge is 0.181 e. The topological polar surface area (TPSA) is 118 Å². The highest BCUT2D eigenvalue weighted by Crippen LogP contribution is 2.43. The summed E-state index contributed by atoms with van der Waals surface area (Å²) in [5, 5.41) is 14.5.